The molecule has 2 aliphatic rings. The van der Waals surface area contributed by atoms with Gasteiger partial charge in [-0.1, -0.05) is 84.5 Å². The van der Waals surface area contributed by atoms with E-state index in [1.165, 1.54) is 44.9 Å². The Morgan fingerprint density at radius 3 is 1.38 bits per heavy atom. The largest absolute Gasteiger partial charge is 0.0654 e. The lowest BCUT2D eigenvalue weighted by atomic mass is 9.68. The van der Waals surface area contributed by atoms with Gasteiger partial charge >= 0.3 is 0 Å². The summed E-state index contributed by atoms with van der Waals surface area (Å²) < 4.78 is 0. The van der Waals surface area contributed by atoms with Crippen LogP contribution in [-0.4, -0.2) is 0 Å². The summed E-state index contributed by atoms with van der Waals surface area (Å²) in [6.45, 7) is 4.67. The molecule has 0 saturated heterocycles. The van der Waals surface area contributed by atoms with Crippen molar-refractivity contribution < 1.29 is 0 Å². The van der Waals surface area contributed by atoms with E-state index in [0.717, 1.165) is 23.7 Å². The van der Waals surface area contributed by atoms with Crippen LogP contribution in [0.1, 0.15) is 110 Å². The van der Waals surface area contributed by atoms with Gasteiger partial charge in [0, 0.05) is 0 Å². The molecule has 0 spiro atoms. The molecule has 0 nitrogen and oxygen atoms in total. The lowest BCUT2D eigenvalue weighted by Gasteiger charge is -2.38. The van der Waals surface area contributed by atoms with Gasteiger partial charge in [-0.2, -0.15) is 0 Å². The second kappa shape index (κ2) is 9.90. The van der Waals surface area contributed by atoms with Crippen molar-refractivity contribution >= 4 is 0 Å². The van der Waals surface area contributed by atoms with Crippen LogP contribution in [0.4, 0.5) is 0 Å². The maximum absolute atomic E-state index is 2.34. The molecule has 0 aromatic heterocycles. The molecule has 0 amide bonds. The highest BCUT2D eigenvalue weighted by Crippen LogP contribution is 2.43. The predicted molar refractivity (Wildman–Crippen MR) is 94.6 cm³/mol. The normalized spacial score (nSPS) is 34.0. The maximum Gasteiger partial charge on any atom is -0.0386 e. The molecule has 0 unspecified atom stereocenters. The molecule has 0 aromatic carbocycles. The van der Waals surface area contributed by atoms with Crippen molar-refractivity contribution in [3.8, 4) is 0 Å². The molecule has 2 fully saturated rings. The van der Waals surface area contributed by atoms with Crippen LogP contribution in [0.15, 0.2) is 0 Å². The molecule has 0 heteroatoms. The van der Waals surface area contributed by atoms with Gasteiger partial charge in [0.25, 0.3) is 0 Å². The predicted octanol–water partition coefficient (Wildman–Crippen LogP) is 7.37. The van der Waals surface area contributed by atoms with Gasteiger partial charge in [0.1, 0.15) is 0 Å². The number of unbranched alkanes of at least 4 members (excludes halogenated alkanes) is 3. The van der Waals surface area contributed by atoms with Crippen LogP contribution in [0.2, 0.25) is 0 Å². The Labute approximate surface area is 134 Å². The van der Waals surface area contributed by atoms with Gasteiger partial charge in [0.05, 0.1) is 0 Å². The van der Waals surface area contributed by atoms with Crippen molar-refractivity contribution in [1.29, 1.82) is 0 Å². The maximum atomic E-state index is 2.34. The quantitative estimate of drug-likeness (QED) is 0.410. The van der Waals surface area contributed by atoms with E-state index in [0.29, 0.717) is 0 Å². The van der Waals surface area contributed by atoms with Gasteiger partial charge in [0.15, 0.2) is 0 Å². The Balaban J connectivity index is 1.60. The Hall–Kier alpha value is 0. The fraction of sp³-hybridized carbons (Fsp3) is 1.00. The highest BCUT2D eigenvalue weighted by Gasteiger charge is 2.30. The van der Waals surface area contributed by atoms with Crippen LogP contribution in [-0.2, 0) is 0 Å². The van der Waals surface area contributed by atoms with Crippen molar-refractivity contribution in [2.45, 2.75) is 110 Å². The van der Waals surface area contributed by atoms with E-state index in [4.69, 9.17) is 0 Å². The van der Waals surface area contributed by atoms with Gasteiger partial charge < -0.3 is 0 Å². The highest BCUT2D eigenvalue weighted by molar-refractivity contribution is 4.82. The zero-order chi connectivity index (χ0) is 14.9. The van der Waals surface area contributed by atoms with Gasteiger partial charge in [-0.05, 0) is 49.4 Å². The fourth-order valence-electron chi connectivity index (χ4n) is 5.07. The third kappa shape index (κ3) is 5.95. The summed E-state index contributed by atoms with van der Waals surface area (Å²) in [6.07, 6.45) is 22.8. The first kappa shape index (κ1) is 17.4. The van der Waals surface area contributed by atoms with Crippen LogP contribution in [0, 0.1) is 23.7 Å². The molecule has 0 bridgehead atoms. The molecule has 124 valence electrons. The Morgan fingerprint density at radius 2 is 0.952 bits per heavy atom. The minimum absolute atomic E-state index is 1.09. The van der Waals surface area contributed by atoms with Crippen LogP contribution in [0.3, 0.4) is 0 Å². The van der Waals surface area contributed by atoms with E-state index in [-0.39, 0.29) is 0 Å². The lowest BCUT2D eigenvalue weighted by Crippen LogP contribution is -2.25. The van der Waals surface area contributed by atoms with Crippen LogP contribution < -0.4 is 0 Å². The second-order valence-corrected chi connectivity index (χ2v) is 8.20. The van der Waals surface area contributed by atoms with Crippen molar-refractivity contribution in [3.05, 3.63) is 0 Å². The summed E-state index contributed by atoms with van der Waals surface area (Å²) in [5, 5.41) is 0. The Kier molecular flexibility index (Phi) is 8.19. The van der Waals surface area contributed by atoms with Crippen molar-refractivity contribution in [2.75, 3.05) is 0 Å². The fourth-order valence-corrected chi connectivity index (χ4v) is 5.07. The summed E-state index contributed by atoms with van der Waals surface area (Å²) in [4.78, 5) is 0. The zero-order valence-electron chi connectivity index (χ0n) is 14.9. The molecule has 0 N–H and O–H groups in total. The first-order valence-corrected chi connectivity index (χ1v) is 10.3. The van der Waals surface area contributed by atoms with E-state index < -0.39 is 0 Å². The topological polar surface area (TPSA) is 0 Å². The van der Waals surface area contributed by atoms with Crippen LogP contribution >= 0.6 is 0 Å². The summed E-state index contributed by atoms with van der Waals surface area (Å²) in [6, 6.07) is 0. The van der Waals surface area contributed by atoms with Crippen molar-refractivity contribution in [2.24, 2.45) is 23.7 Å². The van der Waals surface area contributed by atoms with E-state index in [2.05, 4.69) is 13.8 Å². The Morgan fingerprint density at radius 1 is 0.524 bits per heavy atom. The molecular weight excluding hydrogens is 252 g/mol. The van der Waals surface area contributed by atoms with Crippen molar-refractivity contribution in [1.82, 2.24) is 0 Å². The third-order valence-electron chi connectivity index (χ3n) is 6.63. The highest BCUT2D eigenvalue weighted by atomic mass is 14.4. The first-order valence-electron chi connectivity index (χ1n) is 10.3. The van der Waals surface area contributed by atoms with Gasteiger partial charge in [0.2, 0.25) is 0 Å². The molecule has 0 atom stereocenters. The molecule has 0 heterocycles. The standard InChI is InChI=1S/C21H40/c1-3-5-7-9-19-12-16-21(17-13-19)20-14-10-18(11-15-20)8-6-4-2/h18-21H,3-17H2,1-2H3/t18-,19-,20-,21-. The minimum Gasteiger partial charge on any atom is -0.0654 e. The van der Waals surface area contributed by atoms with Crippen LogP contribution in [0.5, 0.6) is 0 Å². The van der Waals surface area contributed by atoms with Crippen molar-refractivity contribution in [3.63, 3.8) is 0 Å². The van der Waals surface area contributed by atoms with E-state index in [9.17, 15) is 0 Å². The molecular formula is C21H40. The van der Waals surface area contributed by atoms with Gasteiger partial charge in [-0.15, -0.1) is 0 Å². The Bertz CT molecular complexity index is 241. The number of hydrogen-bond donors (Lipinski definition) is 0. The molecule has 2 aliphatic carbocycles. The first-order chi connectivity index (χ1) is 10.3. The molecule has 0 aromatic rings. The van der Waals surface area contributed by atoms with E-state index in [1.54, 1.807) is 51.4 Å². The van der Waals surface area contributed by atoms with Gasteiger partial charge in [-0.3, -0.25) is 0 Å². The monoisotopic (exact) mass is 292 g/mol. The number of hydrogen-bond acceptors (Lipinski definition) is 0. The summed E-state index contributed by atoms with van der Waals surface area (Å²) >= 11 is 0. The number of rotatable bonds is 8. The van der Waals surface area contributed by atoms with Crippen LogP contribution in [0.25, 0.3) is 0 Å². The molecule has 0 aliphatic heterocycles. The smallest absolute Gasteiger partial charge is 0.0386 e. The molecule has 2 rings (SSSR count). The van der Waals surface area contributed by atoms with Gasteiger partial charge in [-0.25, -0.2) is 0 Å². The van der Waals surface area contributed by atoms with E-state index in [1.807, 2.05) is 0 Å². The molecule has 2 saturated carbocycles. The zero-order valence-corrected chi connectivity index (χ0v) is 14.9. The average molecular weight is 293 g/mol. The second-order valence-electron chi connectivity index (χ2n) is 8.20. The minimum atomic E-state index is 1.09. The summed E-state index contributed by atoms with van der Waals surface area (Å²) in [5.41, 5.74) is 0. The summed E-state index contributed by atoms with van der Waals surface area (Å²) in [7, 11) is 0. The average Bonchev–Trinajstić information content (AvgIpc) is 2.54. The third-order valence-corrected chi connectivity index (χ3v) is 6.63. The molecule has 0 radical (unpaired) electrons. The lowest BCUT2D eigenvalue weighted by molar-refractivity contribution is 0.139. The van der Waals surface area contributed by atoms with E-state index >= 15 is 0 Å². The SMILES string of the molecule is CCCCC[C@H]1CC[C@H]([C@H]2CC[C@H](CCCC)CC2)CC1. The molecule has 21 heavy (non-hydrogen) atoms. The summed E-state index contributed by atoms with van der Waals surface area (Å²) in [5.74, 6) is 4.40.